The summed E-state index contributed by atoms with van der Waals surface area (Å²) >= 11 is 1.80. The van der Waals surface area contributed by atoms with Crippen LogP contribution in [0.25, 0.3) is 0 Å². The second kappa shape index (κ2) is 4.91. The third kappa shape index (κ3) is 2.79. The van der Waals surface area contributed by atoms with Crippen molar-refractivity contribution in [1.29, 1.82) is 0 Å². The smallest absolute Gasteiger partial charge is 0.307 e. The first kappa shape index (κ1) is 11.5. The molecule has 0 saturated heterocycles. The monoisotopic (exact) mass is 236 g/mol. The average Bonchev–Trinajstić information content (AvgIpc) is 3.06. The van der Waals surface area contributed by atoms with Gasteiger partial charge in [0.15, 0.2) is 0 Å². The molecule has 1 saturated carbocycles. The summed E-state index contributed by atoms with van der Waals surface area (Å²) in [6.07, 6.45) is 1.20. The topological polar surface area (TPSA) is 37.3 Å². The maximum absolute atomic E-state index is 10.7. The number of hydrogen-bond donors (Lipinski definition) is 1. The summed E-state index contributed by atoms with van der Waals surface area (Å²) in [5.74, 6) is 0.446. The number of hydrogen-bond acceptors (Lipinski definition) is 2. The molecule has 2 nitrogen and oxygen atoms in total. The van der Waals surface area contributed by atoms with E-state index in [1.807, 2.05) is 6.07 Å². The highest BCUT2D eigenvalue weighted by molar-refractivity contribution is 8.00. The molecule has 0 aliphatic heterocycles. The van der Waals surface area contributed by atoms with Gasteiger partial charge in [-0.15, -0.1) is 0 Å². The predicted molar refractivity (Wildman–Crippen MR) is 66.8 cm³/mol. The molecule has 1 aliphatic rings. The molecule has 1 aromatic rings. The lowest BCUT2D eigenvalue weighted by atomic mass is 10.1. The number of thioether (sulfide) groups is 1. The van der Waals surface area contributed by atoms with E-state index in [0.717, 1.165) is 5.75 Å². The number of rotatable bonds is 5. The molecule has 0 heterocycles. The van der Waals surface area contributed by atoms with Crippen LogP contribution < -0.4 is 0 Å². The number of carboxylic acids is 1. The second-order valence-corrected chi connectivity index (χ2v) is 5.64. The molecule has 16 heavy (non-hydrogen) atoms. The molecule has 3 unspecified atom stereocenters. The predicted octanol–water partition coefficient (Wildman–Crippen LogP) is 3.00. The van der Waals surface area contributed by atoms with Gasteiger partial charge in [0.25, 0.3) is 0 Å². The summed E-state index contributed by atoms with van der Waals surface area (Å²) in [5, 5.41) is 9.41. The van der Waals surface area contributed by atoms with Gasteiger partial charge in [-0.3, -0.25) is 4.79 Å². The Morgan fingerprint density at radius 3 is 2.81 bits per heavy atom. The normalized spacial score (nSPS) is 25.1. The molecule has 0 aromatic heterocycles. The largest absolute Gasteiger partial charge is 0.481 e. The molecule has 0 spiro atoms. The van der Waals surface area contributed by atoms with Crippen molar-refractivity contribution in [2.45, 2.75) is 24.5 Å². The first-order chi connectivity index (χ1) is 7.68. The van der Waals surface area contributed by atoms with Gasteiger partial charge in [0.05, 0.1) is 5.92 Å². The van der Waals surface area contributed by atoms with Gasteiger partial charge in [-0.1, -0.05) is 37.3 Å². The molecule has 2 rings (SSSR count). The molecule has 1 aliphatic carbocycles. The lowest BCUT2D eigenvalue weighted by Crippen LogP contribution is -2.12. The van der Waals surface area contributed by atoms with Crippen LogP contribution in [-0.2, 0) is 4.79 Å². The molecule has 86 valence electrons. The van der Waals surface area contributed by atoms with E-state index in [1.165, 1.54) is 12.0 Å². The maximum Gasteiger partial charge on any atom is 0.307 e. The molecule has 0 bridgehead atoms. The first-order valence-electron chi connectivity index (χ1n) is 5.58. The van der Waals surface area contributed by atoms with Crippen molar-refractivity contribution in [3.05, 3.63) is 35.9 Å². The summed E-state index contributed by atoms with van der Waals surface area (Å²) in [6, 6.07) is 10.5. The molecule has 0 radical (unpaired) electrons. The molecule has 1 N–H and O–H groups in total. The average molecular weight is 236 g/mol. The van der Waals surface area contributed by atoms with E-state index in [2.05, 4.69) is 24.3 Å². The number of carbonyl (C=O) groups is 1. The van der Waals surface area contributed by atoms with E-state index in [0.29, 0.717) is 11.2 Å². The van der Waals surface area contributed by atoms with Gasteiger partial charge in [-0.05, 0) is 17.9 Å². The summed E-state index contributed by atoms with van der Waals surface area (Å²) < 4.78 is 0. The molecular weight excluding hydrogens is 220 g/mol. The van der Waals surface area contributed by atoms with Crippen molar-refractivity contribution in [3.63, 3.8) is 0 Å². The van der Waals surface area contributed by atoms with E-state index in [9.17, 15) is 4.79 Å². The zero-order valence-corrected chi connectivity index (χ0v) is 10.1. The van der Waals surface area contributed by atoms with Gasteiger partial charge in [0, 0.05) is 11.0 Å². The standard InChI is InChI=1S/C13H16O2S/c1-9(13(14)15)8-16-12-7-11(12)10-5-3-2-4-6-10/h2-6,9,11-12H,7-8H2,1H3,(H,14,15). The second-order valence-electron chi connectivity index (χ2n) is 4.36. The molecule has 0 amide bonds. The van der Waals surface area contributed by atoms with Crippen molar-refractivity contribution in [2.24, 2.45) is 5.92 Å². The molecule has 1 aromatic carbocycles. The van der Waals surface area contributed by atoms with Crippen molar-refractivity contribution in [1.82, 2.24) is 0 Å². The van der Waals surface area contributed by atoms with Gasteiger partial charge in [0.1, 0.15) is 0 Å². The van der Waals surface area contributed by atoms with Crippen LogP contribution >= 0.6 is 11.8 Å². The van der Waals surface area contributed by atoms with Gasteiger partial charge < -0.3 is 5.11 Å². The van der Waals surface area contributed by atoms with Gasteiger partial charge in [-0.2, -0.15) is 11.8 Å². The van der Waals surface area contributed by atoms with Crippen LogP contribution in [0.2, 0.25) is 0 Å². The summed E-state index contributed by atoms with van der Waals surface area (Å²) in [4.78, 5) is 10.7. The Balaban J connectivity index is 1.78. The van der Waals surface area contributed by atoms with E-state index >= 15 is 0 Å². The van der Waals surface area contributed by atoms with Crippen LogP contribution in [0.5, 0.6) is 0 Å². The van der Waals surface area contributed by atoms with Gasteiger partial charge >= 0.3 is 5.97 Å². The Morgan fingerprint density at radius 2 is 2.19 bits per heavy atom. The maximum atomic E-state index is 10.7. The molecular formula is C13H16O2S. The highest BCUT2D eigenvalue weighted by atomic mass is 32.2. The summed E-state index contributed by atoms with van der Waals surface area (Å²) in [6.45, 7) is 1.77. The van der Waals surface area contributed by atoms with Crippen molar-refractivity contribution < 1.29 is 9.90 Å². The van der Waals surface area contributed by atoms with Crippen LogP contribution in [-0.4, -0.2) is 22.1 Å². The molecule has 1 fully saturated rings. The SMILES string of the molecule is CC(CSC1CC1c1ccccc1)C(=O)O. The van der Waals surface area contributed by atoms with Crippen LogP contribution in [0.1, 0.15) is 24.8 Å². The van der Waals surface area contributed by atoms with E-state index < -0.39 is 5.97 Å². The lowest BCUT2D eigenvalue weighted by Gasteiger charge is -2.05. The van der Waals surface area contributed by atoms with E-state index in [4.69, 9.17) is 5.11 Å². The third-order valence-corrected chi connectivity index (χ3v) is 4.58. The fourth-order valence-corrected chi connectivity index (χ4v) is 3.16. The van der Waals surface area contributed by atoms with E-state index in [1.54, 1.807) is 18.7 Å². The minimum Gasteiger partial charge on any atom is -0.481 e. The highest BCUT2D eigenvalue weighted by Crippen LogP contribution is 2.49. The Morgan fingerprint density at radius 1 is 1.50 bits per heavy atom. The minimum absolute atomic E-state index is 0.234. The minimum atomic E-state index is -0.690. The van der Waals surface area contributed by atoms with Gasteiger partial charge in [0.2, 0.25) is 0 Å². The van der Waals surface area contributed by atoms with Crippen LogP contribution in [0.3, 0.4) is 0 Å². The zero-order valence-electron chi connectivity index (χ0n) is 9.30. The number of carboxylic acid groups (broad SMARTS) is 1. The molecule has 3 heteroatoms. The van der Waals surface area contributed by atoms with Crippen LogP contribution in [0.15, 0.2) is 30.3 Å². The quantitative estimate of drug-likeness (QED) is 0.854. The highest BCUT2D eigenvalue weighted by Gasteiger charge is 2.38. The zero-order chi connectivity index (χ0) is 11.5. The summed E-state index contributed by atoms with van der Waals surface area (Å²) in [5.41, 5.74) is 1.39. The molecule has 3 atom stereocenters. The van der Waals surface area contributed by atoms with Crippen LogP contribution in [0, 0.1) is 5.92 Å². The lowest BCUT2D eigenvalue weighted by molar-refractivity contribution is -0.140. The van der Waals surface area contributed by atoms with E-state index in [-0.39, 0.29) is 5.92 Å². The number of aliphatic carboxylic acids is 1. The van der Waals surface area contributed by atoms with Gasteiger partial charge in [-0.25, -0.2) is 0 Å². The van der Waals surface area contributed by atoms with Crippen molar-refractivity contribution in [2.75, 3.05) is 5.75 Å². The summed E-state index contributed by atoms with van der Waals surface area (Å²) in [7, 11) is 0. The Kier molecular flexibility index (Phi) is 3.54. The first-order valence-corrected chi connectivity index (χ1v) is 6.62. The number of benzene rings is 1. The Hall–Kier alpha value is -0.960. The Labute approximate surface area is 100 Å². The fraction of sp³-hybridized carbons (Fsp3) is 0.462. The third-order valence-electron chi connectivity index (χ3n) is 2.94. The van der Waals surface area contributed by atoms with Crippen molar-refractivity contribution in [3.8, 4) is 0 Å². The fourth-order valence-electron chi connectivity index (χ4n) is 1.75. The Bertz CT molecular complexity index is 363. The van der Waals surface area contributed by atoms with Crippen LogP contribution in [0.4, 0.5) is 0 Å². The van der Waals surface area contributed by atoms with Crippen molar-refractivity contribution >= 4 is 17.7 Å².